The molecule has 3 rings (SSSR count). The quantitative estimate of drug-likeness (QED) is 0.672. The Kier molecular flexibility index (Phi) is 4.42. The summed E-state index contributed by atoms with van der Waals surface area (Å²) < 4.78 is 78.6. The van der Waals surface area contributed by atoms with Crippen LogP contribution in [0.4, 0.5) is 26.3 Å². The van der Waals surface area contributed by atoms with E-state index in [9.17, 15) is 31.1 Å². The van der Waals surface area contributed by atoms with Gasteiger partial charge >= 0.3 is 12.4 Å². The van der Waals surface area contributed by atoms with Crippen LogP contribution in [0.3, 0.4) is 0 Å². The fourth-order valence-electron chi connectivity index (χ4n) is 2.22. The molecule has 1 amide bonds. The number of aromatic nitrogens is 2. The number of benzene rings is 1. The molecule has 0 atom stereocenters. The molecule has 0 spiro atoms. The van der Waals surface area contributed by atoms with E-state index in [0.717, 1.165) is 0 Å². The molecule has 3 aromatic rings. The monoisotopic (exact) mass is 393 g/mol. The lowest BCUT2D eigenvalue weighted by Gasteiger charge is -2.14. The van der Waals surface area contributed by atoms with Gasteiger partial charge in [-0.3, -0.25) is 9.20 Å². The lowest BCUT2D eigenvalue weighted by atomic mass is 10.0. The molecule has 1 aromatic carbocycles. The molecule has 11 heteroatoms. The van der Waals surface area contributed by atoms with Gasteiger partial charge < -0.3 is 5.32 Å². The highest BCUT2D eigenvalue weighted by atomic mass is 32.1. The number of fused-ring (bicyclic) bond motifs is 1. The van der Waals surface area contributed by atoms with Gasteiger partial charge in [0.2, 0.25) is 0 Å². The summed E-state index contributed by atoms with van der Waals surface area (Å²) in [5, 5.41) is 4.06. The zero-order valence-corrected chi connectivity index (χ0v) is 13.5. The van der Waals surface area contributed by atoms with Gasteiger partial charge in [-0.05, 0) is 18.2 Å². The lowest BCUT2D eigenvalue weighted by molar-refractivity contribution is -0.143. The molecular weight excluding hydrogens is 384 g/mol. The van der Waals surface area contributed by atoms with Crippen LogP contribution in [0, 0.1) is 0 Å². The Hall–Kier alpha value is -2.56. The largest absolute Gasteiger partial charge is 0.416 e. The van der Waals surface area contributed by atoms with Crippen LogP contribution in [0.5, 0.6) is 0 Å². The number of carbonyl (C=O) groups is 1. The molecule has 2 aromatic heterocycles. The average molecular weight is 393 g/mol. The van der Waals surface area contributed by atoms with Gasteiger partial charge in [0.05, 0.1) is 23.4 Å². The number of nitrogens with zero attached hydrogens (tertiary/aromatic N) is 2. The number of nitrogens with one attached hydrogen (secondary N) is 1. The summed E-state index contributed by atoms with van der Waals surface area (Å²) in [6.45, 7) is -0.134. The molecule has 0 fully saturated rings. The van der Waals surface area contributed by atoms with Crippen LogP contribution in [0.2, 0.25) is 0 Å². The third kappa shape index (κ3) is 3.82. The third-order valence-corrected chi connectivity index (χ3v) is 4.19. The third-order valence-electron chi connectivity index (χ3n) is 3.42. The molecule has 0 aliphatic carbocycles. The first-order valence-electron chi connectivity index (χ1n) is 7.03. The molecule has 0 radical (unpaired) electrons. The molecule has 1 N–H and O–H groups in total. The first-order valence-corrected chi connectivity index (χ1v) is 7.91. The second-order valence-electron chi connectivity index (χ2n) is 5.30. The maximum absolute atomic E-state index is 12.8. The number of amides is 1. The molecular formula is C15H9F6N3OS. The number of alkyl halides is 6. The molecule has 2 heterocycles. The molecule has 0 saturated heterocycles. The minimum Gasteiger partial charge on any atom is -0.346 e. The number of carbonyl (C=O) groups excluding carboxylic acids is 1. The van der Waals surface area contributed by atoms with Crippen LogP contribution in [-0.2, 0) is 18.9 Å². The smallest absolute Gasteiger partial charge is 0.346 e. The van der Waals surface area contributed by atoms with Crippen molar-refractivity contribution in [3.63, 3.8) is 0 Å². The Labute approximate surface area is 146 Å². The van der Waals surface area contributed by atoms with E-state index in [-0.39, 0.29) is 12.6 Å². The summed E-state index contributed by atoms with van der Waals surface area (Å²) in [4.78, 5) is 16.9. The van der Waals surface area contributed by atoms with Crippen LogP contribution in [0.1, 0.15) is 27.2 Å². The molecule has 0 aliphatic rings. The fourth-order valence-corrected chi connectivity index (χ4v) is 2.94. The van der Waals surface area contributed by atoms with Gasteiger partial charge in [0.15, 0.2) is 4.96 Å². The highest BCUT2D eigenvalue weighted by molar-refractivity contribution is 7.15. The van der Waals surface area contributed by atoms with Crippen molar-refractivity contribution in [3.8, 4) is 0 Å². The summed E-state index contributed by atoms with van der Waals surface area (Å²) in [7, 11) is 0. The minimum absolute atomic E-state index is 0.0275. The highest BCUT2D eigenvalue weighted by Crippen LogP contribution is 2.36. The van der Waals surface area contributed by atoms with Crippen molar-refractivity contribution in [2.24, 2.45) is 0 Å². The van der Waals surface area contributed by atoms with Crippen LogP contribution in [0.25, 0.3) is 4.96 Å². The zero-order chi connectivity index (χ0) is 19.1. The summed E-state index contributed by atoms with van der Waals surface area (Å²) in [5.41, 5.74) is -3.39. The van der Waals surface area contributed by atoms with Gasteiger partial charge in [-0.2, -0.15) is 26.3 Å². The Morgan fingerprint density at radius 2 is 1.69 bits per heavy atom. The zero-order valence-electron chi connectivity index (χ0n) is 12.6. The van der Waals surface area contributed by atoms with E-state index in [1.807, 2.05) is 0 Å². The number of rotatable bonds is 3. The van der Waals surface area contributed by atoms with Crippen LogP contribution >= 0.6 is 11.3 Å². The van der Waals surface area contributed by atoms with Crippen molar-refractivity contribution in [2.45, 2.75) is 18.9 Å². The number of hydrogen-bond acceptors (Lipinski definition) is 3. The lowest BCUT2D eigenvalue weighted by Crippen LogP contribution is -2.24. The Bertz CT molecular complexity index is 896. The van der Waals surface area contributed by atoms with Crippen LogP contribution in [0.15, 0.2) is 36.0 Å². The van der Waals surface area contributed by atoms with E-state index in [0.29, 0.717) is 22.8 Å². The number of thiazole rings is 1. The van der Waals surface area contributed by atoms with E-state index in [4.69, 9.17) is 0 Å². The van der Waals surface area contributed by atoms with Crippen LogP contribution < -0.4 is 5.32 Å². The maximum atomic E-state index is 12.8. The average Bonchev–Trinajstić information content (AvgIpc) is 3.11. The minimum atomic E-state index is -5.01. The van der Waals surface area contributed by atoms with Crippen molar-refractivity contribution in [2.75, 3.05) is 0 Å². The van der Waals surface area contributed by atoms with Crippen molar-refractivity contribution in [1.82, 2.24) is 14.7 Å². The first-order chi connectivity index (χ1) is 12.0. The van der Waals surface area contributed by atoms with E-state index in [1.54, 1.807) is 22.2 Å². The molecule has 138 valence electrons. The van der Waals surface area contributed by atoms with Crippen molar-refractivity contribution in [3.05, 3.63) is 58.4 Å². The maximum Gasteiger partial charge on any atom is 0.416 e. The first kappa shape index (κ1) is 18.2. The summed E-state index contributed by atoms with van der Waals surface area (Å²) in [6, 6.07) is 0.743. The Balaban J connectivity index is 1.84. The number of halogens is 6. The predicted octanol–water partition coefficient (Wildman–Crippen LogP) is 4.36. The van der Waals surface area contributed by atoms with Gasteiger partial charge in [-0.25, -0.2) is 4.98 Å². The Morgan fingerprint density at radius 3 is 2.23 bits per heavy atom. The highest BCUT2D eigenvalue weighted by Gasteiger charge is 2.37. The summed E-state index contributed by atoms with van der Waals surface area (Å²) in [5.74, 6) is -1.06. The topological polar surface area (TPSA) is 46.4 Å². The molecule has 0 unspecified atom stereocenters. The van der Waals surface area contributed by atoms with Gasteiger partial charge in [0.1, 0.15) is 0 Å². The van der Waals surface area contributed by atoms with Gasteiger partial charge in [-0.1, -0.05) is 0 Å². The van der Waals surface area contributed by atoms with E-state index >= 15 is 0 Å². The molecule has 26 heavy (non-hydrogen) atoms. The fraction of sp³-hybridized carbons (Fsp3) is 0.200. The van der Waals surface area contributed by atoms with Crippen molar-refractivity contribution >= 4 is 22.2 Å². The van der Waals surface area contributed by atoms with E-state index in [1.165, 1.54) is 11.3 Å². The van der Waals surface area contributed by atoms with Crippen molar-refractivity contribution in [1.29, 1.82) is 0 Å². The van der Waals surface area contributed by atoms with Gasteiger partial charge in [0, 0.05) is 23.3 Å². The molecule has 0 saturated carbocycles. The second kappa shape index (κ2) is 6.31. The number of imidazole rings is 1. The Morgan fingerprint density at radius 1 is 1.08 bits per heavy atom. The predicted molar refractivity (Wildman–Crippen MR) is 80.7 cm³/mol. The van der Waals surface area contributed by atoms with E-state index in [2.05, 4.69) is 10.3 Å². The summed E-state index contributed by atoms with van der Waals surface area (Å²) in [6.07, 6.45) is -6.70. The molecule has 0 aliphatic heterocycles. The SMILES string of the molecule is O=C(NCc1cn2ccsc2n1)c1cc(C(F)(F)F)cc(C(F)(F)F)c1. The second-order valence-corrected chi connectivity index (χ2v) is 6.18. The number of hydrogen-bond donors (Lipinski definition) is 1. The van der Waals surface area contributed by atoms with Gasteiger partial charge in [-0.15, -0.1) is 11.3 Å². The van der Waals surface area contributed by atoms with E-state index < -0.39 is 35.0 Å². The molecule has 0 bridgehead atoms. The normalized spacial score (nSPS) is 12.5. The summed E-state index contributed by atoms with van der Waals surface area (Å²) >= 11 is 1.34. The standard InChI is InChI=1S/C15H9F6N3OS/c16-14(17,18)9-3-8(4-10(5-9)15(19,20)21)12(25)22-6-11-7-24-1-2-26-13(24)23-11/h1-5,7H,6H2,(H,22,25). The van der Waals surface area contributed by atoms with Crippen molar-refractivity contribution < 1.29 is 31.1 Å². The van der Waals surface area contributed by atoms with Crippen LogP contribution in [-0.4, -0.2) is 15.3 Å². The van der Waals surface area contributed by atoms with Gasteiger partial charge in [0.25, 0.3) is 5.91 Å². The molecule has 4 nitrogen and oxygen atoms in total.